The van der Waals surface area contributed by atoms with Crippen LogP contribution in [0.2, 0.25) is 0 Å². The van der Waals surface area contributed by atoms with E-state index in [1.807, 2.05) is 24.6 Å². The molecule has 0 radical (unpaired) electrons. The van der Waals surface area contributed by atoms with Crippen LogP contribution in [0.1, 0.15) is 28.4 Å². The topological polar surface area (TPSA) is 72.7 Å². The minimum absolute atomic E-state index is 0.0599. The van der Waals surface area contributed by atoms with Crippen LogP contribution in [0.4, 0.5) is 0 Å². The fourth-order valence-electron chi connectivity index (χ4n) is 3.35. The lowest BCUT2D eigenvalue weighted by Gasteiger charge is -2.23. The van der Waals surface area contributed by atoms with Gasteiger partial charge in [-0.25, -0.2) is 4.98 Å². The zero-order chi connectivity index (χ0) is 18.1. The maximum atomic E-state index is 12.7. The highest BCUT2D eigenvalue weighted by atomic mass is 32.1. The van der Waals surface area contributed by atoms with Crippen molar-refractivity contribution in [1.82, 2.24) is 25.1 Å². The molecule has 1 amide bonds. The number of carbonyl (C=O) groups excluding carboxylic acids is 1. The molecule has 0 saturated carbocycles. The van der Waals surface area contributed by atoms with Crippen molar-refractivity contribution in [3.63, 3.8) is 0 Å². The second-order valence-corrected chi connectivity index (χ2v) is 7.67. The summed E-state index contributed by atoms with van der Waals surface area (Å²) in [7, 11) is 0. The van der Waals surface area contributed by atoms with Crippen LogP contribution >= 0.6 is 11.3 Å². The molecule has 7 heteroatoms. The van der Waals surface area contributed by atoms with Gasteiger partial charge in [-0.15, -0.1) is 21.5 Å². The van der Waals surface area contributed by atoms with Gasteiger partial charge in [-0.05, 0) is 26.3 Å². The third-order valence-electron chi connectivity index (χ3n) is 4.86. The van der Waals surface area contributed by atoms with Crippen LogP contribution in [-0.2, 0) is 24.3 Å². The minimum Gasteiger partial charge on any atom is -0.351 e. The number of hydrogen-bond acceptors (Lipinski definition) is 5. The predicted octanol–water partition coefficient (Wildman–Crippen LogP) is 2.90. The molecule has 1 unspecified atom stereocenters. The summed E-state index contributed by atoms with van der Waals surface area (Å²) in [6.07, 6.45) is 1.58. The third-order valence-corrected chi connectivity index (χ3v) is 5.80. The summed E-state index contributed by atoms with van der Waals surface area (Å²) < 4.78 is 2.10. The van der Waals surface area contributed by atoms with E-state index in [0.29, 0.717) is 13.1 Å². The van der Waals surface area contributed by atoms with Crippen LogP contribution in [0.25, 0.3) is 11.4 Å². The summed E-state index contributed by atoms with van der Waals surface area (Å²) in [6.45, 7) is 5.20. The Labute approximate surface area is 156 Å². The number of benzene rings is 1. The Kier molecular flexibility index (Phi) is 4.55. The van der Waals surface area contributed by atoms with Gasteiger partial charge in [0.2, 0.25) is 5.91 Å². The summed E-state index contributed by atoms with van der Waals surface area (Å²) in [5.74, 6) is 1.84. The Morgan fingerprint density at radius 3 is 3.00 bits per heavy atom. The monoisotopic (exact) mass is 367 g/mol. The molecular formula is C19H21N5OS. The number of nitrogens with one attached hydrogen (secondary N) is 1. The molecule has 3 heterocycles. The van der Waals surface area contributed by atoms with Crippen molar-refractivity contribution in [2.24, 2.45) is 5.92 Å². The van der Waals surface area contributed by atoms with Crippen LogP contribution in [-0.4, -0.2) is 25.7 Å². The molecule has 134 valence electrons. The Hall–Kier alpha value is -2.54. The molecule has 1 aliphatic heterocycles. The lowest BCUT2D eigenvalue weighted by Crippen LogP contribution is -2.35. The van der Waals surface area contributed by atoms with Gasteiger partial charge in [0.25, 0.3) is 0 Å². The van der Waals surface area contributed by atoms with Crippen molar-refractivity contribution in [3.05, 3.63) is 51.7 Å². The molecule has 0 fully saturated rings. The number of amides is 1. The van der Waals surface area contributed by atoms with Crippen molar-refractivity contribution >= 4 is 17.2 Å². The van der Waals surface area contributed by atoms with E-state index < -0.39 is 0 Å². The largest absolute Gasteiger partial charge is 0.351 e. The maximum absolute atomic E-state index is 12.7. The van der Waals surface area contributed by atoms with Crippen molar-refractivity contribution in [2.75, 3.05) is 0 Å². The Balaban J connectivity index is 1.49. The van der Waals surface area contributed by atoms with Crippen LogP contribution in [0, 0.1) is 19.8 Å². The van der Waals surface area contributed by atoms with Crippen LogP contribution < -0.4 is 5.32 Å². The second-order valence-electron chi connectivity index (χ2n) is 6.73. The zero-order valence-electron chi connectivity index (χ0n) is 14.9. The van der Waals surface area contributed by atoms with Crippen LogP contribution in [0.3, 0.4) is 0 Å². The van der Waals surface area contributed by atoms with E-state index in [0.717, 1.165) is 40.6 Å². The summed E-state index contributed by atoms with van der Waals surface area (Å²) >= 11 is 1.58. The highest BCUT2D eigenvalue weighted by Crippen LogP contribution is 2.26. The molecule has 1 aromatic carbocycles. The molecule has 0 aliphatic carbocycles. The molecule has 0 bridgehead atoms. The van der Waals surface area contributed by atoms with E-state index in [1.54, 1.807) is 11.3 Å². The van der Waals surface area contributed by atoms with Crippen LogP contribution in [0.5, 0.6) is 0 Å². The molecule has 1 N–H and O–H groups in total. The number of aryl methyl sites for hydroxylation is 3. The summed E-state index contributed by atoms with van der Waals surface area (Å²) in [5, 5.41) is 11.8. The van der Waals surface area contributed by atoms with Gasteiger partial charge in [0.1, 0.15) is 5.82 Å². The number of fused-ring (bicyclic) bond motifs is 1. The van der Waals surface area contributed by atoms with Gasteiger partial charge < -0.3 is 9.88 Å². The fraction of sp³-hybridized carbons (Fsp3) is 0.368. The smallest absolute Gasteiger partial charge is 0.225 e. The highest BCUT2D eigenvalue weighted by molar-refractivity contribution is 7.09. The van der Waals surface area contributed by atoms with E-state index >= 15 is 0 Å². The van der Waals surface area contributed by atoms with Gasteiger partial charge in [-0.3, -0.25) is 4.79 Å². The van der Waals surface area contributed by atoms with Gasteiger partial charge in [0, 0.05) is 23.4 Å². The number of hydrogen-bond donors (Lipinski definition) is 1. The normalized spacial score (nSPS) is 16.3. The third kappa shape index (κ3) is 3.26. The second kappa shape index (κ2) is 6.99. The van der Waals surface area contributed by atoms with E-state index in [9.17, 15) is 4.79 Å². The first kappa shape index (κ1) is 16.9. The maximum Gasteiger partial charge on any atom is 0.225 e. The molecule has 1 aliphatic rings. The molecule has 2 aromatic heterocycles. The molecule has 0 saturated heterocycles. The van der Waals surface area contributed by atoms with E-state index in [1.165, 1.54) is 5.56 Å². The molecule has 0 spiro atoms. The van der Waals surface area contributed by atoms with Gasteiger partial charge in [0.15, 0.2) is 5.82 Å². The molecule has 1 atom stereocenters. The van der Waals surface area contributed by atoms with Gasteiger partial charge in [0.05, 0.1) is 23.7 Å². The minimum atomic E-state index is -0.0599. The van der Waals surface area contributed by atoms with Gasteiger partial charge >= 0.3 is 0 Å². The van der Waals surface area contributed by atoms with Crippen molar-refractivity contribution < 1.29 is 4.79 Å². The standard InChI is InChI=1S/C19H21N5OS/c1-12-4-3-5-14(8-12)18-23-22-17-7-6-15(10-24(17)18)19(25)20-9-16-13(2)21-11-26-16/h3-5,8,11,15H,6-7,9-10H2,1-2H3,(H,20,25). The molecule has 26 heavy (non-hydrogen) atoms. The number of thiazole rings is 1. The quantitative estimate of drug-likeness (QED) is 0.770. The Bertz CT molecular complexity index is 945. The average Bonchev–Trinajstić information content (AvgIpc) is 3.25. The number of carbonyl (C=O) groups is 1. The van der Waals surface area contributed by atoms with Crippen LogP contribution in [0.15, 0.2) is 29.8 Å². The summed E-state index contributed by atoms with van der Waals surface area (Å²) in [5.41, 5.74) is 5.03. The average molecular weight is 367 g/mol. The fourth-order valence-corrected chi connectivity index (χ4v) is 4.06. The van der Waals surface area contributed by atoms with Crippen molar-refractivity contribution in [3.8, 4) is 11.4 Å². The first-order valence-electron chi connectivity index (χ1n) is 8.77. The van der Waals surface area contributed by atoms with E-state index in [2.05, 4.69) is 44.1 Å². The molecular weight excluding hydrogens is 346 g/mol. The zero-order valence-corrected chi connectivity index (χ0v) is 15.7. The summed E-state index contributed by atoms with van der Waals surface area (Å²) in [6, 6.07) is 8.24. The van der Waals surface area contributed by atoms with Gasteiger partial charge in [-0.1, -0.05) is 23.8 Å². The first-order chi connectivity index (χ1) is 12.6. The van der Waals surface area contributed by atoms with E-state index in [4.69, 9.17) is 0 Å². The van der Waals surface area contributed by atoms with Crippen molar-refractivity contribution in [1.29, 1.82) is 0 Å². The molecule has 6 nitrogen and oxygen atoms in total. The Morgan fingerprint density at radius 2 is 2.23 bits per heavy atom. The summed E-state index contributed by atoms with van der Waals surface area (Å²) in [4.78, 5) is 18.0. The lowest BCUT2D eigenvalue weighted by molar-refractivity contribution is -0.126. The Morgan fingerprint density at radius 1 is 1.35 bits per heavy atom. The number of aromatic nitrogens is 4. The highest BCUT2D eigenvalue weighted by Gasteiger charge is 2.28. The molecule has 3 aromatic rings. The van der Waals surface area contributed by atoms with E-state index in [-0.39, 0.29) is 11.8 Å². The molecule has 4 rings (SSSR count). The lowest BCUT2D eigenvalue weighted by atomic mass is 9.98. The van der Waals surface area contributed by atoms with Gasteiger partial charge in [-0.2, -0.15) is 0 Å². The number of rotatable bonds is 4. The number of nitrogens with zero attached hydrogens (tertiary/aromatic N) is 4. The predicted molar refractivity (Wildman–Crippen MR) is 101 cm³/mol. The van der Waals surface area contributed by atoms with Crippen molar-refractivity contribution in [2.45, 2.75) is 39.8 Å². The first-order valence-corrected chi connectivity index (χ1v) is 9.65. The SMILES string of the molecule is Cc1cccc(-c2nnc3n2CC(C(=O)NCc2scnc2C)CC3)c1.